The number of piperidine rings is 1. The van der Waals surface area contributed by atoms with Crippen molar-refractivity contribution in [3.8, 4) is 5.75 Å². The van der Waals surface area contributed by atoms with Crippen molar-refractivity contribution < 1.29 is 17.9 Å². The molecule has 1 amide bonds. The summed E-state index contributed by atoms with van der Waals surface area (Å²) in [6.07, 6.45) is 2.70. The number of nitrogens with one attached hydrogen (secondary N) is 1. The fourth-order valence-corrected chi connectivity index (χ4v) is 6.08. The summed E-state index contributed by atoms with van der Waals surface area (Å²) in [5, 5.41) is 3.71. The molecule has 1 saturated heterocycles. The predicted octanol–water partition coefficient (Wildman–Crippen LogP) is 4.39. The Balaban J connectivity index is 1.64. The first kappa shape index (κ1) is 21.0. The van der Waals surface area contributed by atoms with E-state index >= 15 is 0 Å². The number of benzene rings is 2. The number of hydrogen-bond donors (Lipinski definition) is 1. The number of halogens is 1. The second-order valence-electron chi connectivity index (χ2n) is 6.91. The molecule has 0 aliphatic carbocycles. The molecule has 0 spiro atoms. The molecule has 0 saturated carbocycles. The van der Waals surface area contributed by atoms with Gasteiger partial charge in [-0.3, -0.25) is 10.1 Å². The number of sulfonamides is 1. The van der Waals surface area contributed by atoms with Gasteiger partial charge in [0.1, 0.15) is 5.75 Å². The van der Waals surface area contributed by atoms with Crippen LogP contribution in [0, 0.1) is 0 Å². The van der Waals surface area contributed by atoms with Gasteiger partial charge in [-0.2, -0.15) is 4.31 Å². The van der Waals surface area contributed by atoms with Gasteiger partial charge in [-0.15, -0.1) is 0 Å². The number of fused-ring (bicyclic) bond motifs is 1. The van der Waals surface area contributed by atoms with Crippen LogP contribution >= 0.6 is 22.9 Å². The molecule has 0 unspecified atom stereocenters. The van der Waals surface area contributed by atoms with Gasteiger partial charge in [0.05, 0.1) is 27.8 Å². The summed E-state index contributed by atoms with van der Waals surface area (Å²) in [4.78, 5) is 17.4. The normalized spacial score (nSPS) is 15.3. The molecule has 0 radical (unpaired) electrons. The molecule has 0 atom stereocenters. The monoisotopic (exact) mass is 465 g/mol. The van der Waals surface area contributed by atoms with Gasteiger partial charge >= 0.3 is 0 Å². The van der Waals surface area contributed by atoms with Crippen molar-refractivity contribution in [1.29, 1.82) is 0 Å². The molecule has 3 aromatic rings. The van der Waals surface area contributed by atoms with E-state index in [9.17, 15) is 13.2 Å². The maximum atomic E-state index is 13.0. The highest BCUT2D eigenvalue weighted by Gasteiger charge is 2.28. The number of ether oxygens (including phenoxy) is 1. The third kappa shape index (κ3) is 4.15. The molecule has 1 aliphatic rings. The fraction of sp³-hybridized carbons (Fsp3) is 0.300. The minimum atomic E-state index is -3.67. The van der Waals surface area contributed by atoms with E-state index in [-0.39, 0.29) is 16.2 Å². The summed E-state index contributed by atoms with van der Waals surface area (Å²) in [5.41, 5.74) is 0.848. The van der Waals surface area contributed by atoms with Crippen molar-refractivity contribution in [1.82, 2.24) is 9.29 Å². The van der Waals surface area contributed by atoms with E-state index in [2.05, 4.69) is 10.3 Å². The standard InChI is InChI=1S/C20H20ClN3O4S2/c1-28-17-8-6-14(30(26,27)24-9-3-2-4-10-24)12-15(17)19(25)23-20-22-16-7-5-13(21)11-18(16)29-20/h5-8,11-12H,2-4,9-10H2,1H3,(H,22,23,25). The Hall–Kier alpha value is -2.20. The van der Waals surface area contributed by atoms with Crippen molar-refractivity contribution in [3.63, 3.8) is 0 Å². The molecule has 30 heavy (non-hydrogen) atoms. The van der Waals surface area contributed by atoms with Crippen LogP contribution in [0.1, 0.15) is 29.6 Å². The van der Waals surface area contributed by atoms with E-state index in [4.69, 9.17) is 16.3 Å². The SMILES string of the molecule is COc1ccc(S(=O)(=O)N2CCCCC2)cc1C(=O)Nc1nc2ccc(Cl)cc2s1. The van der Waals surface area contributed by atoms with E-state index in [1.165, 1.54) is 41.0 Å². The van der Waals surface area contributed by atoms with Crippen LogP contribution in [0.25, 0.3) is 10.2 Å². The zero-order valence-electron chi connectivity index (χ0n) is 16.2. The Morgan fingerprint density at radius 1 is 1.17 bits per heavy atom. The fourth-order valence-electron chi connectivity index (χ4n) is 3.40. The first-order chi connectivity index (χ1) is 14.4. The number of methoxy groups -OCH3 is 1. The third-order valence-corrected chi connectivity index (χ3v) is 8.00. The quantitative estimate of drug-likeness (QED) is 0.603. The molecule has 1 aliphatic heterocycles. The lowest BCUT2D eigenvalue weighted by atomic mass is 10.2. The van der Waals surface area contributed by atoms with Gasteiger partial charge in [0.2, 0.25) is 10.0 Å². The summed E-state index contributed by atoms with van der Waals surface area (Å²) in [6.45, 7) is 0.980. The average Bonchev–Trinajstić information content (AvgIpc) is 3.15. The number of amides is 1. The van der Waals surface area contributed by atoms with Crippen LogP contribution in [0.2, 0.25) is 5.02 Å². The molecule has 158 valence electrons. The Labute approximate surface area is 183 Å². The van der Waals surface area contributed by atoms with Gasteiger partial charge in [0, 0.05) is 18.1 Å². The van der Waals surface area contributed by atoms with Crippen LogP contribution in [0.4, 0.5) is 5.13 Å². The molecule has 0 bridgehead atoms. The van der Waals surface area contributed by atoms with Crippen molar-refractivity contribution in [2.75, 3.05) is 25.5 Å². The van der Waals surface area contributed by atoms with Gasteiger partial charge in [-0.1, -0.05) is 29.4 Å². The molecule has 2 aromatic carbocycles. The van der Waals surface area contributed by atoms with Crippen LogP contribution < -0.4 is 10.1 Å². The highest BCUT2D eigenvalue weighted by atomic mass is 35.5. The van der Waals surface area contributed by atoms with Crippen LogP contribution in [0.15, 0.2) is 41.3 Å². The number of carbonyl (C=O) groups is 1. The van der Waals surface area contributed by atoms with E-state index in [0.29, 0.717) is 28.8 Å². The lowest BCUT2D eigenvalue weighted by Crippen LogP contribution is -2.35. The van der Waals surface area contributed by atoms with Crippen LogP contribution in [-0.2, 0) is 10.0 Å². The highest BCUT2D eigenvalue weighted by molar-refractivity contribution is 7.89. The number of aromatic nitrogens is 1. The highest BCUT2D eigenvalue weighted by Crippen LogP contribution is 2.30. The topological polar surface area (TPSA) is 88.6 Å². The van der Waals surface area contributed by atoms with Crippen molar-refractivity contribution in [2.45, 2.75) is 24.2 Å². The van der Waals surface area contributed by atoms with E-state index in [1.807, 2.05) is 0 Å². The number of nitrogens with zero attached hydrogens (tertiary/aromatic N) is 2. The number of rotatable bonds is 5. The van der Waals surface area contributed by atoms with Gasteiger partial charge in [0.15, 0.2) is 5.13 Å². The zero-order chi connectivity index (χ0) is 21.3. The average molecular weight is 466 g/mol. The minimum absolute atomic E-state index is 0.0754. The Bertz CT molecular complexity index is 1200. The molecule has 7 nitrogen and oxygen atoms in total. The number of thiazole rings is 1. The summed E-state index contributed by atoms with van der Waals surface area (Å²) in [5.74, 6) is -0.207. The summed E-state index contributed by atoms with van der Waals surface area (Å²) in [7, 11) is -2.24. The van der Waals surface area contributed by atoms with Gasteiger partial charge in [0.25, 0.3) is 5.91 Å². The molecule has 1 aromatic heterocycles. The number of anilines is 1. The van der Waals surface area contributed by atoms with Gasteiger partial charge < -0.3 is 4.74 Å². The Morgan fingerprint density at radius 3 is 2.67 bits per heavy atom. The molecular formula is C20H20ClN3O4S2. The Kier molecular flexibility index (Phi) is 5.97. The molecule has 10 heteroatoms. The lowest BCUT2D eigenvalue weighted by Gasteiger charge is -2.26. The largest absolute Gasteiger partial charge is 0.496 e. The lowest BCUT2D eigenvalue weighted by molar-refractivity contribution is 0.102. The van der Waals surface area contributed by atoms with Crippen LogP contribution in [0.3, 0.4) is 0 Å². The summed E-state index contributed by atoms with van der Waals surface area (Å²) < 4.78 is 33.6. The second kappa shape index (κ2) is 8.50. The first-order valence-electron chi connectivity index (χ1n) is 9.44. The van der Waals surface area contributed by atoms with Gasteiger partial charge in [-0.25, -0.2) is 13.4 Å². The van der Waals surface area contributed by atoms with Crippen LogP contribution in [0.5, 0.6) is 5.75 Å². The number of hydrogen-bond acceptors (Lipinski definition) is 6. The van der Waals surface area contributed by atoms with E-state index < -0.39 is 15.9 Å². The summed E-state index contributed by atoms with van der Waals surface area (Å²) in [6, 6.07) is 9.62. The number of carbonyl (C=O) groups excluding carboxylic acids is 1. The predicted molar refractivity (Wildman–Crippen MR) is 118 cm³/mol. The van der Waals surface area contributed by atoms with Crippen molar-refractivity contribution in [2.24, 2.45) is 0 Å². The van der Waals surface area contributed by atoms with Crippen LogP contribution in [-0.4, -0.2) is 43.8 Å². The first-order valence-corrected chi connectivity index (χ1v) is 12.1. The second-order valence-corrected chi connectivity index (χ2v) is 10.3. The molecule has 1 fully saturated rings. The molecule has 2 heterocycles. The molecule has 1 N–H and O–H groups in total. The maximum absolute atomic E-state index is 13.0. The maximum Gasteiger partial charge on any atom is 0.261 e. The van der Waals surface area contributed by atoms with Crippen molar-refractivity contribution >= 4 is 54.2 Å². The van der Waals surface area contributed by atoms with E-state index in [1.54, 1.807) is 18.2 Å². The van der Waals surface area contributed by atoms with Gasteiger partial charge in [-0.05, 0) is 49.2 Å². The molecule has 4 rings (SSSR count). The smallest absolute Gasteiger partial charge is 0.261 e. The van der Waals surface area contributed by atoms with Crippen molar-refractivity contribution in [3.05, 3.63) is 47.0 Å². The Morgan fingerprint density at radius 2 is 1.93 bits per heavy atom. The summed E-state index contributed by atoms with van der Waals surface area (Å²) >= 11 is 7.29. The minimum Gasteiger partial charge on any atom is -0.496 e. The van der Waals surface area contributed by atoms with E-state index in [0.717, 1.165) is 24.0 Å². The third-order valence-electron chi connectivity index (χ3n) is 4.94. The molecular weight excluding hydrogens is 446 g/mol. The zero-order valence-corrected chi connectivity index (χ0v) is 18.6.